The molecule has 1 aromatic rings. The maximum Gasteiger partial charge on any atom is 0.421 e. The Kier molecular flexibility index (Phi) is 2.11. The van der Waals surface area contributed by atoms with Crippen LogP contribution in [0.2, 0.25) is 0 Å². The first kappa shape index (κ1) is 11.8. The number of aromatic nitrogens is 2. The van der Waals surface area contributed by atoms with E-state index in [4.69, 9.17) is 13.9 Å². The molecule has 0 N–H and O–H groups in total. The van der Waals surface area contributed by atoms with E-state index in [1.165, 1.54) is 0 Å². The van der Waals surface area contributed by atoms with Gasteiger partial charge in [0.1, 0.15) is 0 Å². The molecule has 1 spiro atoms. The lowest BCUT2D eigenvalue weighted by Crippen LogP contribution is -2.54. The number of esters is 2. The van der Waals surface area contributed by atoms with Gasteiger partial charge in [-0.2, -0.15) is 0 Å². The molecule has 8 heteroatoms. The number of piperidine rings is 1. The van der Waals surface area contributed by atoms with Crippen LogP contribution in [-0.4, -0.2) is 46.0 Å². The highest BCUT2D eigenvalue weighted by Crippen LogP contribution is 2.49. The number of aryl methyl sites for hydroxylation is 1. The van der Waals surface area contributed by atoms with Gasteiger partial charge in [0.2, 0.25) is 11.8 Å². The van der Waals surface area contributed by atoms with Crippen LogP contribution in [0.1, 0.15) is 31.0 Å². The van der Waals surface area contributed by atoms with Crippen LogP contribution in [0.5, 0.6) is 0 Å². The van der Waals surface area contributed by atoms with E-state index < -0.39 is 17.8 Å². The van der Waals surface area contributed by atoms with Crippen molar-refractivity contribution >= 4 is 11.9 Å². The van der Waals surface area contributed by atoms with E-state index in [1.807, 2.05) is 4.90 Å². The van der Waals surface area contributed by atoms with Crippen LogP contribution in [-0.2, 0) is 24.5 Å². The third-order valence-electron chi connectivity index (χ3n) is 4.41. The fraction of sp³-hybridized carbons (Fsp3) is 0.667. The van der Waals surface area contributed by atoms with Crippen LogP contribution in [0.25, 0.3) is 0 Å². The Hall–Kier alpha value is -1.96. The van der Waals surface area contributed by atoms with E-state index in [0.717, 1.165) is 6.42 Å². The first-order valence-corrected chi connectivity index (χ1v) is 6.55. The molecule has 0 amide bonds. The van der Waals surface area contributed by atoms with Crippen molar-refractivity contribution in [3.8, 4) is 0 Å². The molecule has 1 aromatic heterocycles. The Morgan fingerprint density at radius 1 is 1.10 bits per heavy atom. The molecular formula is C12H13N3O5. The van der Waals surface area contributed by atoms with Crippen LogP contribution in [0.3, 0.4) is 0 Å². The molecule has 3 aliphatic heterocycles. The van der Waals surface area contributed by atoms with Crippen molar-refractivity contribution in [3.05, 3.63) is 11.8 Å². The maximum atomic E-state index is 11.3. The smallest absolute Gasteiger partial charge is 0.421 e. The SMILES string of the molecule is Cc1nnc(C23CCN(C2)C2(CC3)OC(=O)C(=O)O2)o1. The Labute approximate surface area is 114 Å². The van der Waals surface area contributed by atoms with Crippen molar-refractivity contribution in [1.82, 2.24) is 15.1 Å². The molecule has 3 saturated heterocycles. The topological polar surface area (TPSA) is 94.8 Å². The predicted molar refractivity (Wildman–Crippen MR) is 61.1 cm³/mol. The molecule has 4 rings (SSSR count). The van der Waals surface area contributed by atoms with Crippen molar-refractivity contribution in [2.45, 2.75) is 37.5 Å². The number of nitrogens with zero attached hydrogens (tertiary/aromatic N) is 3. The number of carbonyl (C=O) groups is 2. The Morgan fingerprint density at radius 3 is 2.50 bits per heavy atom. The van der Waals surface area contributed by atoms with Crippen LogP contribution >= 0.6 is 0 Å². The maximum absolute atomic E-state index is 11.3. The highest BCUT2D eigenvalue weighted by molar-refractivity contribution is 6.31. The van der Waals surface area contributed by atoms with Crippen LogP contribution in [0, 0.1) is 6.92 Å². The zero-order valence-electron chi connectivity index (χ0n) is 10.9. The van der Waals surface area contributed by atoms with Gasteiger partial charge >= 0.3 is 17.8 Å². The molecule has 2 unspecified atom stereocenters. The molecule has 20 heavy (non-hydrogen) atoms. The monoisotopic (exact) mass is 279 g/mol. The van der Waals surface area contributed by atoms with Crippen molar-refractivity contribution in [3.63, 3.8) is 0 Å². The summed E-state index contributed by atoms with van der Waals surface area (Å²) < 4.78 is 15.9. The van der Waals surface area contributed by atoms with E-state index in [-0.39, 0.29) is 5.41 Å². The summed E-state index contributed by atoms with van der Waals surface area (Å²) in [5, 5.41) is 8.01. The number of hydrogen-bond donors (Lipinski definition) is 0. The molecule has 2 atom stereocenters. The normalized spacial score (nSPS) is 34.4. The summed E-state index contributed by atoms with van der Waals surface area (Å²) in [5.41, 5.74) is -0.228. The van der Waals surface area contributed by atoms with Crippen molar-refractivity contribution in [1.29, 1.82) is 0 Å². The standard InChI is InChI=1S/C12H13N3O5/c1-7-13-14-10(18-7)11-2-3-12(15(6-11)5-4-11)19-8(16)9(17)20-12/h2-6H2,1H3. The molecule has 8 nitrogen and oxygen atoms in total. The van der Waals surface area contributed by atoms with Gasteiger partial charge in [0, 0.05) is 26.4 Å². The highest BCUT2D eigenvalue weighted by atomic mass is 16.8. The van der Waals surface area contributed by atoms with Gasteiger partial charge in [0.25, 0.3) is 0 Å². The zero-order valence-corrected chi connectivity index (χ0v) is 10.9. The van der Waals surface area contributed by atoms with Crippen molar-refractivity contribution in [2.75, 3.05) is 13.1 Å². The molecular weight excluding hydrogens is 266 g/mol. The van der Waals surface area contributed by atoms with Gasteiger partial charge in [0.05, 0.1) is 5.41 Å². The third kappa shape index (κ3) is 1.39. The largest absolute Gasteiger partial charge is 0.425 e. The van der Waals surface area contributed by atoms with E-state index in [2.05, 4.69) is 10.2 Å². The summed E-state index contributed by atoms with van der Waals surface area (Å²) in [5.74, 6) is -1.91. The second kappa shape index (κ2) is 3.57. The first-order valence-electron chi connectivity index (χ1n) is 6.55. The molecule has 0 saturated carbocycles. The van der Waals surface area contributed by atoms with Gasteiger partial charge in [-0.1, -0.05) is 0 Å². The quantitative estimate of drug-likeness (QED) is 0.518. The summed E-state index contributed by atoms with van der Waals surface area (Å²) in [6, 6.07) is 0. The zero-order chi connectivity index (χ0) is 14.0. The lowest BCUT2D eigenvalue weighted by molar-refractivity contribution is -0.259. The van der Waals surface area contributed by atoms with Gasteiger partial charge in [-0.05, 0) is 12.8 Å². The van der Waals surface area contributed by atoms with Gasteiger partial charge in [-0.3, -0.25) is 0 Å². The van der Waals surface area contributed by atoms with Gasteiger partial charge in [0.15, 0.2) is 0 Å². The Bertz CT molecular complexity index is 596. The summed E-state index contributed by atoms with van der Waals surface area (Å²) in [6.45, 7) is 2.99. The minimum Gasteiger partial charge on any atom is -0.425 e. The molecule has 3 fully saturated rings. The van der Waals surface area contributed by atoms with Crippen molar-refractivity contribution < 1.29 is 23.5 Å². The molecule has 2 bridgehead atoms. The minimum absolute atomic E-state index is 0.228. The predicted octanol–water partition coefficient (Wildman–Crippen LogP) is -0.131. The van der Waals surface area contributed by atoms with Crippen LogP contribution in [0.4, 0.5) is 0 Å². The average Bonchev–Trinajstić information content (AvgIpc) is 3.06. The molecule has 4 heterocycles. The number of hydrogen-bond acceptors (Lipinski definition) is 8. The first-order chi connectivity index (χ1) is 9.53. The van der Waals surface area contributed by atoms with Gasteiger partial charge in [-0.25, -0.2) is 14.5 Å². The lowest BCUT2D eigenvalue weighted by atomic mass is 9.80. The van der Waals surface area contributed by atoms with Crippen LogP contribution in [0.15, 0.2) is 4.42 Å². The summed E-state index contributed by atoms with van der Waals surface area (Å²) >= 11 is 0. The number of carbonyl (C=O) groups excluding carboxylic acids is 2. The van der Waals surface area contributed by atoms with E-state index in [1.54, 1.807) is 6.92 Å². The van der Waals surface area contributed by atoms with E-state index in [9.17, 15) is 9.59 Å². The number of ether oxygens (including phenoxy) is 2. The fourth-order valence-corrected chi connectivity index (χ4v) is 3.34. The molecule has 3 aliphatic rings. The fourth-order valence-electron chi connectivity index (χ4n) is 3.34. The van der Waals surface area contributed by atoms with E-state index >= 15 is 0 Å². The number of fused-ring (bicyclic) bond motifs is 3. The third-order valence-corrected chi connectivity index (χ3v) is 4.41. The highest BCUT2D eigenvalue weighted by Gasteiger charge is 2.62. The molecule has 106 valence electrons. The van der Waals surface area contributed by atoms with Gasteiger partial charge in [-0.15, -0.1) is 10.2 Å². The van der Waals surface area contributed by atoms with Gasteiger partial charge < -0.3 is 13.9 Å². The molecule has 0 aliphatic carbocycles. The number of rotatable bonds is 1. The second-order valence-electron chi connectivity index (χ2n) is 5.57. The second-order valence-corrected chi connectivity index (χ2v) is 5.57. The summed E-state index contributed by atoms with van der Waals surface area (Å²) in [4.78, 5) is 24.5. The lowest BCUT2D eigenvalue weighted by Gasteiger charge is -2.40. The molecule has 0 radical (unpaired) electrons. The van der Waals surface area contributed by atoms with E-state index in [0.29, 0.717) is 37.7 Å². The Balaban J connectivity index is 1.64. The molecule has 0 aromatic carbocycles. The summed E-state index contributed by atoms with van der Waals surface area (Å²) in [7, 11) is 0. The minimum atomic E-state index is -1.22. The summed E-state index contributed by atoms with van der Waals surface area (Å²) in [6.07, 6.45) is 1.91. The van der Waals surface area contributed by atoms with Crippen LogP contribution < -0.4 is 0 Å². The Morgan fingerprint density at radius 2 is 1.85 bits per heavy atom. The van der Waals surface area contributed by atoms with Crippen molar-refractivity contribution in [2.24, 2.45) is 0 Å². The average molecular weight is 279 g/mol.